The predicted octanol–water partition coefficient (Wildman–Crippen LogP) is 2.02. The minimum absolute atomic E-state index is 0.722. The fourth-order valence-electron chi connectivity index (χ4n) is 1.72. The van der Waals surface area contributed by atoms with Crippen LogP contribution < -0.4 is 5.32 Å². The van der Waals surface area contributed by atoms with Gasteiger partial charge in [0.05, 0.1) is 5.52 Å². The van der Waals surface area contributed by atoms with Crippen LogP contribution in [0.3, 0.4) is 0 Å². The molecule has 0 unspecified atom stereocenters. The van der Waals surface area contributed by atoms with Gasteiger partial charge in [-0.25, -0.2) is 9.97 Å². The highest BCUT2D eigenvalue weighted by Gasteiger charge is 2.11. The molecule has 0 fully saturated rings. The van der Waals surface area contributed by atoms with E-state index in [1.165, 1.54) is 0 Å². The van der Waals surface area contributed by atoms with Crippen LogP contribution in [0.15, 0.2) is 34.5 Å². The standard InChI is InChI=1S/C12H10N5/c1-8-6-11(17-16-8)15-12-9-4-2-3-5-10(9)13-7-14-12/h2-5H,6H2,1H3,(H,13,14,15,17). The molecule has 0 atom stereocenters. The molecule has 5 heteroatoms. The number of rotatable bonds is 1. The summed E-state index contributed by atoms with van der Waals surface area (Å²) in [6.07, 6.45) is 3.37. The second-order valence-electron chi connectivity index (χ2n) is 3.87. The zero-order valence-electron chi connectivity index (χ0n) is 9.31. The third-order valence-electron chi connectivity index (χ3n) is 2.52. The lowest BCUT2D eigenvalue weighted by Crippen LogP contribution is -2.13. The zero-order chi connectivity index (χ0) is 11.7. The van der Waals surface area contributed by atoms with E-state index in [9.17, 15) is 0 Å². The van der Waals surface area contributed by atoms with Crippen LogP contribution in [0.1, 0.15) is 13.3 Å². The lowest BCUT2D eigenvalue weighted by molar-refractivity contribution is 1.20. The van der Waals surface area contributed by atoms with Gasteiger partial charge in [0.25, 0.3) is 0 Å². The zero-order valence-corrected chi connectivity index (χ0v) is 9.31. The van der Waals surface area contributed by atoms with E-state index in [1.807, 2.05) is 31.2 Å². The molecular formula is C12H10N5. The van der Waals surface area contributed by atoms with Crippen LogP contribution in [0, 0.1) is 6.33 Å². The quantitative estimate of drug-likeness (QED) is 0.806. The SMILES string of the molecule is CC1=NN=C(Nc2n[c]nc3ccccc23)C1. The van der Waals surface area contributed by atoms with E-state index >= 15 is 0 Å². The van der Waals surface area contributed by atoms with E-state index in [4.69, 9.17) is 0 Å². The van der Waals surface area contributed by atoms with Crippen molar-refractivity contribution in [2.75, 3.05) is 5.32 Å². The number of fused-ring (bicyclic) bond motifs is 1. The van der Waals surface area contributed by atoms with Gasteiger partial charge >= 0.3 is 0 Å². The summed E-state index contributed by atoms with van der Waals surface area (Å²) < 4.78 is 0. The maximum atomic E-state index is 4.12. The van der Waals surface area contributed by atoms with Crippen molar-refractivity contribution < 1.29 is 0 Å². The van der Waals surface area contributed by atoms with E-state index in [1.54, 1.807) is 0 Å². The van der Waals surface area contributed by atoms with E-state index in [2.05, 4.69) is 31.8 Å². The molecule has 1 aromatic carbocycles. The fourth-order valence-corrected chi connectivity index (χ4v) is 1.72. The Hall–Kier alpha value is -2.30. The van der Waals surface area contributed by atoms with Gasteiger partial charge in [0.15, 0.2) is 6.33 Å². The number of hydrogen-bond donors (Lipinski definition) is 1. The summed E-state index contributed by atoms with van der Waals surface area (Å²) in [7, 11) is 0. The average Bonchev–Trinajstić information content (AvgIpc) is 2.75. The summed E-state index contributed by atoms with van der Waals surface area (Å²) in [5.74, 6) is 1.53. The van der Waals surface area contributed by atoms with Crippen molar-refractivity contribution in [2.45, 2.75) is 13.3 Å². The normalized spacial score (nSPS) is 14.6. The molecule has 1 N–H and O–H groups in total. The first kappa shape index (κ1) is 9.89. The highest BCUT2D eigenvalue weighted by Crippen LogP contribution is 2.19. The topological polar surface area (TPSA) is 62.5 Å². The maximum Gasteiger partial charge on any atom is 0.200 e. The highest BCUT2D eigenvalue weighted by molar-refractivity contribution is 6.12. The molecule has 17 heavy (non-hydrogen) atoms. The first-order valence-corrected chi connectivity index (χ1v) is 5.33. The lowest BCUT2D eigenvalue weighted by atomic mass is 10.2. The van der Waals surface area contributed by atoms with Gasteiger partial charge in [-0.05, 0) is 19.1 Å². The third kappa shape index (κ3) is 1.87. The summed E-state index contributed by atoms with van der Waals surface area (Å²) in [5, 5.41) is 12.1. The van der Waals surface area contributed by atoms with E-state index < -0.39 is 0 Å². The number of nitrogens with one attached hydrogen (secondary N) is 1. The van der Waals surface area contributed by atoms with Crippen LogP contribution in [0.25, 0.3) is 10.9 Å². The maximum absolute atomic E-state index is 4.12. The molecule has 83 valence electrons. The van der Waals surface area contributed by atoms with Crippen molar-refractivity contribution in [1.82, 2.24) is 9.97 Å². The van der Waals surface area contributed by atoms with E-state index in [-0.39, 0.29) is 0 Å². The van der Waals surface area contributed by atoms with Crippen molar-refractivity contribution in [3.63, 3.8) is 0 Å². The molecule has 0 saturated heterocycles. The minimum atomic E-state index is 0.722. The Bertz CT molecular complexity index is 624. The van der Waals surface area contributed by atoms with Gasteiger partial charge in [-0.2, -0.15) is 5.10 Å². The van der Waals surface area contributed by atoms with Crippen molar-refractivity contribution in [3.8, 4) is 0 Å². The summed E-state index contributed by atoms with van der Waals surface area (Å²) in [6, 6.07) is 7.79. The molecule has 2 aromatic rings. The van der Waals surface area contributed by atoms with Crippen LogP contribution in [0.5, 0.6) is 0 Å². The largest absolute Gasteiger partial charge is 0.326 e. The summed E-state index contributed by atoms with van der Waals surface area (Å²) in [6.45, 7) is 1.95. The van der Waals surface area contributed by atoms with E-state index in [0.29, 0.717) is 0 Å². The number of anilines is 1. The molecule has 1 aromatic heterocycles. The Morgan fingerprint density at radius 1 is 1.18 bits per heavy atom. The molecule has 1 aliphatic rings. The summed E-state index contributed by atoms with van der Waals surface area (Å²) in [4.78, 5) is 8.20. The first-order valence-electron chi connectivity index (χ1n) is 5.33. The van der Waals surface area contributed by atoms with Gasteiger partial charge in [-0.3, -0.25) is 0 Å². The Balaban J connectivity index is 1.96. The number of para-hydroxylation sites is 1. The van der Waals surface area contributed by atoms with E-state index in [0.717, 1.165) is 34.7 Å². The molecule has 2 heterocycles. The molecule has 0 saturated carbocycles. The van der Waals surface area contributed by atoms with Crippen molar-refractivity contribution in [2.24, 2.45) is 10.2 Å². The molecule has 0 aliphatic carbocycles. The predicted molar refractivity (Wildman–Crippen MR) is 67.2 cm³/mol. The molecular weight excluding hydrogens is 214 g/mol. The van der Waals surface area contributed by atoms with Gasteiger partial charge < -0.3 is 5.32 Å². The molecule has 3 rings (SSSR count). The van der Waals surface area contributed by atoms with Gasteiger partial charge in [0.1, 0.15) is 11.7 Å². The molecule has 5 nitrogen and oxygen atoms in total. The molecule has 0 amide bonds. The van der Waals surface area contributed by atoms with Crippen molar-refractivity contribution in [1.29, 1.82) is 0 Å². The van der Waals surface area contributed by atoms with Gasteiger partial charge in [-0.1, -0.05) is 12.1 Å². The minimum Gasteiger partial charge on any atom is -0.326 e. The molecule has 1 radical (unpaired) electrons. The third-order valence-corrected chi connectivity index (χ3v) is 2.52. The number of nitrogens with zero attached hydrogens (tertiary/aromatic N) is 4. The van der Waals surface area contributed by atoms with Crippen molar-refractivity contribution in [3.05, 3.63) is 30.6 Å². The lowest BCUT2D eigenvalue weighted by Gasteiger charge is -2.06. The Labute approximate surface area is 98.3 Å². The molecule has 0 spiro atoms. The van der Waals surface area contributed by atoms with Crippen molar-refractivity contribution >= 4 is 28.3 Å². The Kier molecular flexibility index (Phi) is 2.29. The second kappa shape index (κ2) is 3.93. The van der Waals surface area contributed by atoms with Gasteiger partial charge in [0, 0.05) is 17.5 Å². The smallest absolute Gasteiger partial charge is 0.200 e. The fraction of sp³-hybridized carbons (Fsp3) is 0.167. The summed E-state index contributed by atoms with van der Waals surface area (Å²) in [5.41, 5.74) is 1.86. The average molecular weight is 224 g/mol. The number of hydrogen-bond acceptors (Lipinski definition) is 5. The highest BCUT2D eigenvalue weighted by atomic mass is 15.3. The van der Waals surface area contributed by atoms with Crippen LogP contribution >= 0.6 is 0 Å². The number of benzene rings is 1. The number of amidine groups is 1. The van der Waals surface area contributed by atoms with Gasteiger partial charge in [0.2, 0.25) is 0 Å². The molecule has 1 aliphatic heterocycles. The monoisotopic (exact) mass is 224 g/mol. The van der Waals surface area contributed by atoms with Crippen LogP contribution in [-0.4, -0.2) is 21.5 Å². The Morgan fingerprint density at radius 3 is 2.88 bits per heavy atom. The number of aromatic nitrogens is 2. The first-order chi connectivity index (χ1) is 8.33. The van der Waals surface area contributed by atoms with Crippen LogP contribution in [0.2, 0.25) is 0 Å². The van der Waals surface area contributed by atoms with Gasteiger partial charge in [-0.15, -0.1) is 5.10 Å². The second-order valence-corrected chi connectivity index (χ2v) is 3.87. The summed E-state index contributed by atoms with van der Waals surface area (Å²) >= 11 is 0. The molecule has 0 bridgehead atoms. The van der Waals surface area contributed by atoms with Crippen LogP contribution in [-0.2, 0) is 0 Å². The van der Waals surface area contributed by atoms with Crippen LogP contribution in [0.4, 0.5) is 5.82 Å². The Morgan fingerprint density at radius 2 is 2.06 bits per heavy atom.